The second kappa shape index (κ2) is 6.66. The van der Waals surface area contributed by atoms with Crippen LogP contribution in [0.4, 0.5) is 0 Å². The Hall–Kier alpha value is -1.93. The molecule has 1 heterocycles. The number of ether oxygens (including phenoxy) is 2. The van der Waals surface area contributed by atoms with Crippen LogP contribution in [0.15, 0.2) is 33.7 Å². The molecular weight excluding hydrogens is 396 g/mol. The summed E-state index contributed by atoms with van der Waals surface area (Å²) in [6.07, 6.45) is 1.47. The first-order valence-corrected chi connectivity index (χ1v) is 9.50. The standard InChI is InChI=1S/C19H21BrN4O2/c1-3-9-25-19(26-10-4-2)18(12-22)15(13-5-7-14(20)8-6-13)17(18,11-21)16(23)24-19/h5-8,15H,3-4,9-10H2,1-2H3,(H2,23,24). The second-order valence-electron chi connectivity index (χ2n) is 6.60. The van der Waals surface area contributed by atoms with Crippen molar-refractivity contribution in [3.63, 3.8) is 0 Å². The summed E-state index contributed by atoms with van der Waals surface area (Å²) in [5.41, 5.74) is 4.52. The van der Waals surface area contributed by atoms with Crippen molar-refractivity contribution in [3.8, 4) is 12.1 Å². The van der Waals surface area contributed by atoms with Crippen LogP contribution in [-0.4, -0.2) is 25.0 Å². The molecule has 3 unspecified atom stereocenters. The second-order valence-corrected chi connectivity index (χ2v) is 7.52. The summed E-state index contributed by atoms with van der Waals surface area (Å²) in [5, 5.41) is 20.2. The van der Waals surface area contributed by atoms with Gasteiger partial charge in [0, 0.05) is 10.4 Å². The summed E-state index contributed by atoms with van der Waals surface area (Å²) < 4.78 is 12.9. The number of amidine groups is 1. The van der Waals surface area contributed by atoms with Gasteiger partial charge in [-0.25, -0.2) is 4.99 Å². The number of nitrogens with zero attached hydrogens (tertiary/aromatic N) is 3. The largest absolute Gasteiger partial charge is 0.386 e. The zero-order valence-corrected chi connectivity index (χ0v) is 16.4. The van der Waals surface area contributed by atoms with E-state index >= 15 is 0 Å². The Morgan fingerprint density at radius 2 is 1.69 bits per heavy atom. The predicted molar refractivity (Wildman–Crippen MR) is 99.8 cm³/mol. The number of nitriles is 2. The Bertz CT molecular complexity index is 802. The van der Waals surface area contributed by atoms with Gasteiger partial charge in [0.2, 0.25) is 0 Å². The molecule has 7 heteroatoms. The van der Waals surface area contributed by atoms with Gasteiger partial charge in [0.1, 0.15) is 11.3 Å². The topological polar surface area (TPSA) is 104 Å². The molecule has 3 atom stereocenters. The van der Waals surface area contributed by atoms with Gasteiger partial charge in [0.25, 0.3) is 5.91 Å². The van der Waals surface area contributed by atoms with E-state index < -0.39 is 22.7 Å². The minimum atomic E-state index is -1.55. The molecule has 0 spiro atoms. The Morgan fingerprint density at radius 1 is 1.12 bits per heavy atom. The fraction of sp³-hybridized carbons (Fsp3) is 0.526. The van der Waals surface area contributed by atoms with E-state index in [0.717, 1.165) is 22.9 Å². The molecule has 0 amide bonds. The van der Waals surface area contributed by atoms with Gasteiger partial charge < -0.3 is 15.2 Å². The summed E-state index contributed by atoms with van der Waals surface area (Å²) in [4.78, 5) is 4.40. The van der Waals surface area contributed by atoms with Crippen LogP contribution < -0.4 is 5.73 Å². The summed E-state index contributed by atoms with van der Waals surface area (Å²) in [6, 6.07) is 12.2. The van der Waals surface area contributed by atoms with E-state index in [-0.39, 0.29) is 5.84 Å². The number of aliphatic imine (C=N–C) groups is 1. The molecule has 0 bridgehead atoms. The van der Waals surface area contributed by atoms with Crippen LogP contribution in [0, 0.1) is 33.5 Å². The number of hydrogen-bond donors (Lipinski definition) is 1. The molecule has 136 valence electrons. The maximum absolute atomic E-state index is 10.2. The van der Waals surface area contributed by atoms with Gasteiger partial charge in [-0.3, -0.25) is 0 Å². The van der Waals surface area contributed by atoms with Crippen molar-refractivity contribution in [1.29, 1.82) is 10.5 Å². The summed E-state index contributed by atoms with van der Waals surface area (Å²) in [5.74, 6) is -1.89. The highest BCUT2D eigenvalue weighted by Gasteiger charge is 2.93. The van der Waals surface area contributed by atoms with Crippen molar-refractivity contribution in [2.75, 3.05) is 13.2 Å². The van der Waals surface area contributed by atoms with Crippen LogP contribution in [0.5, 0.6) is 0 Å². The average Bonchev–Trinajstić information content (AvgIpc) is 3.23. The summed E-state index contributed by atoms with van der Waals surface area (Å²) in [7, 11) is 0. The SMILES string of the molecule is CCCOC1(OCCC)N=C(N)C2(C#N)C(c3ccc(Br)cc3)C12C#N. The van der Waals surface area contributed by atoms with E-state index in [1.165, 1.54) is 0 Å². The normalized spacial score (nSPS) is 30.8. The fourth-order valence-corrected chi connectivity index (χ4v) is 4.26. The number of benzene rings is 1. The van der Waals surface area contributed by atoms with Crippen LogP contribution in [-0.2, 0) is 9.47 Å². The highest BCUT2D eigenvalue weighted by atomic mass is 79.9. The predicted octanol–water partition coefficient (Wildman–Crippen LogP) is 3.44. The van der Waals surface area contributed by atoms with Crippen molar-refractivity contribution < 1.29 is 9.47 Å². The number of hydrogen-bond acceptors (Lipinski definition) is 6. The Labute approximate surface area is 161 Å². The molecule has 1 aromatic carbocycles. The molecule has 26 heavy (non-hydrogen) atoms. The number of nitrogens with two attached hydrogens (primary N) is 1. The van der Waals surface area contributed by atoms with Crippen LogP contribution in [0.1, 0.15) is 38.2 Å². The van der Waals surface area contributed by atoms with Crippen molar-refractivity contribution in [2.45, 2.75) is 38.5 Å². The first-order valence-electron chi connectivity index (χ1n) is 8.71. The minimum Gasteiger partial charge on any atom is -0.386 e. The Balaban J connectivity index is 2.15. The van der Waals surface area contributed by atoms with Gasteiger partial charge in [-0.05, 0) is 30.5 Å². The van der Waals surface area contributed by atoms with Gasteiger partial charge in [-0.15, -0.1) is 0 Å². The lowest BCUT2D eigenvalue weighted by Crippen LogP contribution is -2.44. The van der Waals surface area contributed by atoms with Crippen molar-refractivity contribution in [3.05, 3.63) is 34.3 Å². The maximum Gasteiger partial charge on any atom is 0.293 e. The molecule has 1 aromatic rings. The molecule has 0 saturated heterocycles. The highest BCUT2D eigenvalue weighted by molar-refractivity contribution is 9.10. The molecule has 1 aliphatic carbocycles. The van der Waals surface area contributed by atoms with E-state index in [2.05, 4.69) is 33.1 Å². The molecule has 0 radical (unpaired) electrons. The molecule has 1 saturated carbocycles. The fourth-order valence-electron chi connectivity index (χ4n) is 3.99. The first kappa shape index (κ1) is 18.8. The zero-order chi connectivity index (χ0) is 19.0. The Morgan fingerprint density at radius 3 is 2.15 bits per heavy atom. The van der Waals surface area contributed by atoms with E-state index in [1.54, 1.807) is 0 Å². The highest BCUT2D eigenvalue weighted by Crippen LogP contribution is 2.82. The number of fused-ring (bicyclic) bond motifs is 1. The van der Waals surface area contributed by atoms with Gasteiger partial charge in [0.15, 0.2) is 5.41 Å². The quantitative estimate of drug-likeness (QED) is 0.685. The monoisotopic (exact) mass is 416 g/mol. The van der Waals surface area contributed by atoms with Crippen molar-refractivity contribution in [1.82, 2.24) is 0 Å². The molecule has 6 nitrogen and oxygen atoms in total. The first-order chi connectivity index (χ1) is 12.5. The molecular formula is C19H21BrN4O2. The van der Waals surface area contributed by atoms with Gasteiger partial charge in [-0.2, -0.15) is 10.5 Å². The Kier molecular flexibility index (Phi) is 4.83. The smallest absolute Gasteiger partial charge is 0.293 e. The molecule has 2 aliphatic rings. The van der Waals surface area contributed by atoms with E-state index in [9.17, 15) is 10.5 Å². The van der Waals surface area contributed by atoms with Crippen LogP contribution >= 0.6 is 15.9 Å². The zero-order valence-electron chi connectivity index (χ0n) is 14.8. The van der Waals surface area contributed by atoms with Gasteiger partial charge in [-0.1, -0.05) is 41.9 Å². The summed E-state index contributed by atoms with van der Waals surface area (Å²) in [6.45, 7) is 4.65. The average molecular weight is 417 g/mol. The van der Waals surface area contributed by atoms with Crippen molar-refractivity contribution >= 4 is 21.8 Å². The third-order valence-corrected chi connectivity index (χ3v) is 5.66. The number of rotatable bonds is 7. The van der Waals surface area contributed by atoms with E-state index in [0.29, 0.717) is 13.2 Å². The molecule has 0 aromatic heterocycles. The summed E-state index contributed by atoms with van der Waals surface area (Å²) >= 11 is 3.41. The van der Waals surface area contributed by atoms with Crippen LogP contribution in [0.2, 0.25) is 0 Å². The number of halogens is 1. The third kappa shape index (κ3) is 2.18. The van der Waals surface area contributed by atoms with E-state index in [4.69, 9.17) is 15.2 Å². The van der Waals surface area contributed by atoms with Crippen molar-refractivity contribution in [2.24, 2.45) is 21.6 Å². The minimum absolute atomic E-state index is 0.113. The van der Waals surface area contributed by atoms with Gasteiger partial charge in [0.05, 0.1) is 25.4 Å². The lowest BCUT2D eigenvalue weighted by atomic mass is 9.93. The van der Waals surface area contributed by atoms with Crippen LogP contribution in [0.3, 0.4) is 0 Å². The molecule has 3 rings (SSSR count). The molecule has 2 N–H and O–H groups in total. The van der Waals surface area contributed by atoms with Gasteiger partial charge >= 0.3 is 0 Å². The van der Waals surface area contributed by atoms with E-state index in [1.807, 2.05) is 38.1 Å². The third-order valence-electron chi connectivity index (χ3n) is 5.13. The van der Waals surface area contributed by atoms with Crippen LogP contribution in [0.25, 0.3) is 0 Å². The lowest BCUT2D eigenvalue weighted by Gasteiger charge is -2.32. The molecule has 1 fully saturated rings. The maximum atomic E-state index is 10.2. The lowest BCUT2D eigenvalue weighted by molar-refractivity contribution is -0.259. The molecule has 1 aliphatic heterocycles.